The van der Waals surface area contributed by atoms with Crippen molar-refractivity contribution in [2.24, 2.45) is 0 Å². The fraction of sp³-hybridized carbons (Fsp3) is 0.733. The van der Waals surface area contributed by atoms with Gasteiger partial charge in [-0.25, -0.2) is 9.59 Å². The van der Waals surface area contributed by atoms with Crippen molar-refractivity contribution >= 4 is 35.6 Å². The number of imide groups is 1. The molecule has 24 heavy (non-hydrogen) atoms. The number of carbonyl (C=O) groups excluding carboxylic acids is 4. The molecule has 2 aliphatic rings. The zero-order chi connectivity index (χ0) is 18.1. The first-order valence-electron chi connectivity index (χ1n) is 7.92. The van der Waals surface area contributed by atoms with Crippen LogP contribution in [0.3, 0.4) is 0 Å². The van der Waals surface area contributed by atoms with E-state index >= 15 is 0 Å². The van der Waals surface area contributed by atoms with Crippen LogP contribution in [0.4, 0.5) is 4.79 Å². The van der Waals surface area contributed by atoms with Crippen LogP contribution in [0.25, 0.3) is 0 Å². The number of hydrogen-bond donors (Lipinski definition) is 2. The summed E-state index contributed by atoms with van der Waals surface area (Å²) in [6.07, 6.45) is -0.00493. The summed E-state index contributed by atoms with van der Waals surface area (Å²) in [7, 11) is 0. The van der Waals surface area contributed by atoms with Gasteiger partial charge >= 0.3 is 12.0 Å². The predicted octanol–water partition coefficient (Wildman–Crippen LogP) is 0.606. The number of hydrogen-bond acceptors (Lipinski definition) is 6. The van der Waals surface area contributed by atoms with Crippen molar-refractivity contribution in [2.45, 2.75) is 63.6 Å². The second kappa shape index (κ2) is 7.00. The smallest absolute Gasteiger partial charge is 0.330 e. The summed E-state index contributed by atoms with van der Waals surface area (Å²) >= 11 is 1.55. The van der Waals surface area contributed by atoms with Crippen LogP contribution in [0.1, 0.15) is 40.5 Å². The zero-order valence-corrected chi connectivity index (χ0v) is 15.1. The highest BCUT2D eigenvalue weighted by atomic mass is 32.2. The Hall–Kier alpha value is -1.77. The van der Waals surface area contributed by atoms with Crippen molar-refractivity contribution in [1.82, 2.24) is 15.5 Å². The minimum Gasteiger partial charge on any atom is -0.451 e. The molecule has 2 heterocycles. The molecule has 0 saturated carbocycles. The summed E-state index contributed by atoms with van der Waals surface area (Å²) in [5, 5.41) is 4.63. The molecule has 0 bridgehead atoms. The Bertz CT molecular complexity index is 567. The van der Waals surface area contributed by atoms with Gasteiger partial charge in [0.2, 0.25) is 5.91 Å². The first-order chi connectivity index (χ1) is 11.1. The van der Waals surface area contributed by atoms with E-state index in [1.54, 1.807) is 30.5 Å². The van der Waals surface area contributed by atoms with E-state index in [0.29, 0.717) is 18.6 Å². The van der Waals surface area contributed by atoms with Crippen LogP contribution in [0.15, 0.2) is 0 Å². The predicted molar refractivity (Wildman–Crippen MR) is 88.1 cm³/mol. The summed E-state index contributed by atoms with van der Waals surface area (Å²) < 4.78 is 5.17. The topological polar surface area (TPSA) is 105 Å². The molecule has 8 nitrogen and oxygen atoms in total. The lowest BCUT2D eigenvalue weighted by atomic mass is 10.2. The number of nitrogens with zero attached hydrogens (tertiary/aromatic N) is 1. The molecular formula is C15H23N3O5S. The van der Waals surface area contributed by atoms with Gasteiger partial charge in [0.25, 0.3) is 5.91 Å². The van der Waals surface area contributed by atoms with E-state index in [1.165, 1.54) is 6.92 Å². The van der Waals surface area contributed by atoms with Crippen LogP contribution in [0.5, 0.6) is 0 Å². The number of esters is 1. The zero-order valence-electron chi connectivity index (χ0n) is 14.3. The third-order valence-electron chi connectivity index (χ3n) is 4.04. The van der Waals surface area contributed by atoms with Gasteiger partial charge in [0, 0.05) is 18.2 Å². The molecule has 134 valence electrons. The van der Waals surface area contributed by atoms with Gasteiger partial charge in [-0.05, 0) is 34.1 Å². The highest BCUT2D eigenvalue weighted by Gasteiger charge is 2.53. The lowest BCUT2D eigenvalue weighted by molar-refractivity contribution is -0.161. The number of nitrogens with one attached hydrogen (secondary N) is 2. The fourth-order valence-electron chi connectivity index (χ4n) is 2.81. The Labute approximate surface area is 145 Å². The molecule has 0 unspecified atom stereocenters. The Kier molecular flexibility index (Phi) is 5.42. The largest absolute Gasteiger partial charge is 0.451 e. The quantitative estimate of drug-likeness (QED) is 0.714. The van der Waals surface area contributed by atoms with Crippen LogP contribution < -0.4 is 10.6 Å². The maximum atomic E-state index is 12.3. The van der Waals surface area contributed by atoms with Gasteiger partial charge in [-0.2, -0.15) is 0 Å². The summed E-state index contributed by atoms with van der Waals surface area (Å²) in [5.74, 6) is -0.947. The van der Waals surface area contributed by atoms with Gasteiger partial charge in [0.05, 0.1) is 4.87 Å². The van der Waals surface area contributed by atoms with Crippen molar-refractivity contribution in [1.29, 1.82) is 0 Å². The van der Waals surface area contributed by atoms with Crippen LogP contribution in [0, 0.1) is 0 Å². The van der Waals surface area contributed by atoms with Crippen molar-refractivity contribution in [3.05, 3.63) is 0 Å². The van der Waals surface area contributed by atoms with Gasteiger partial charge in [-0.1, -0.05) is 0 Å². The number of carbonyl (C=O) groups is 4. The molecule has 2 aliphatic heterocycles. The molecule has 2 N–H and O–H groups in total. The Morgan fingerprint density at radius 1 is 1.33 bits per heavy atom. The molecule has 0 aromatic rings. The summed E-state index contributed by atoms with van der Waals surface area (Å²) in [6.45, 7) is 6.84. The molecule has 2 rings (SSSR count). The van der Waals surface area contributed by atoms with Crippen LogP contribution in [-0.4, -0.2) is 57.5 Å². The van der Waals surface area contributed by atoms with Crippen LogP contribution in [0.2, 0.25) is 0 Å². The number of ether oxygens (including phenoxy) is 1. The summed E-state index contributed by atoms with van der Waals surface area (Å²) in [4.78, 5) is 49.0. The number of amides is 4. The molecular weight excluding hydrogens is 334 g/mol. The highest BCUT2D eigenvalue weighted by molar-refractivity contribution is 8.01. The summed E-state index contributed by atoms with van der Waals surface area (Å²) in [6, 6.07) is -1.45. The first-order valence-corrected chi connectivity index (χ1v) is 8.90. The van der Waals surface area contributed by atoms with E-state index in [2.05, 4.69) is 10.6 Å². The monoisotopic (exact) mass is 357 g/mol. The van der Waals surface area contributed by atoms with Crippen molar-refractivity contribution in [3.63, 3.8) is 0 Å². The van der Waals surface area contributed by atoms with Crippen LogP contribution in [-0.2, 0) is 19.1 Å². The van der Waals surface area contributed by atoms with E-state index in [-0.39, 0.29) is 16.8 Å². The van der Waals surface area contributed by atoms with Crippen LogP contribution >= 0.6 is 11.8 Å². The van der Waals surface area contributed by atoms with Gasteiger partial charge in [-0.15, -0.1) is 11.8 Å². The van der Waals surface area contributed by atoms with Crippen molar-refractivity contribution < 1.29 is 23.9 Å². The summed E-state index contributed by atoms with van der Waals surface area (Å²) in [5.41, 5.74) is 0. The molecule has 0 radical (unpaired) electrons. The van der Waals surface area contributed by atoms with Gasteiger partial charge in [0.1, 0.15) is 6.04 Å². The Morgan fingerprint density at radius 3 is 2.62 bits per heavy atom. The molecule has 0 aromatic carbocycles. The molecule has 9 heteroatoms. The third kappa shape index (κ3) is 3.82. The maximum absolute atomic E-state index is 12.3. The normalized spacial score (nSPS) is 27.0. The number of urea groups is 1. The lowest BCUT2D eigenvalue weighted by Crippen LogP contribution is -2.50. The SMILES string of the molecule is CC(C)NC(=O)NC(=O)[C@H](C)OC(=O)[C@@H]1CS[C@@]2(C)CCC(=O)N12. The Balaban J connectivity index is 1.91. The van der Waals surface area contributed by atoms with E-state index in [0.717, 1.165) is 0 Å². The van der Waals surface area contributed by atoms with Gasteiger partial charge in [0.15, 0.2) is 6.10 Å². The van der Waals surface area contributed by atoms with E-state index < -0.39 is 30.1 Å². The van der Waals surface area contributed by atoms with Crippen molar-refractivity contribution in [3.8, 4) is 0 Å². The minimum atomic E-state index is -1.12. The molecule has 0 spiro atoms. The number of thioether (sulfide) groups is 1. The molecule has 2 fully saturated rings. The standard InChI is InChI=1S/C15H23N3O5S/c1-8(2)16-14(22)17-12(20)9(3)23-13(21)10-7-24-15(4)6-5-11(19)18(10)15/h8-10H,5-7H2,1-4H3,(H2,16,17,20,22)/t9-,10-,15-/m0/s1. The molecule has 2 saturated heterocycles. The van der Waals surface area contributed by atoms with Crippen molar-refractivity contribution in [2.75, 3.05) is 5.75 Å². The molecule has 4 amide bonds. The lowest BCUT2D eigenvalue weighted by Gasteiger charge is -2.29. The number of fused-ring (bicyclic) bond motifs is 1. The van der Waals surface area contributed by atoms with E-state index in [1.807, 2.05) is 6.92 Å². The molecule has 0 aliphatic carbocycles. The number of rotatable bonds is 4. The molecule has 0 aromatic heterocycles. The minimum absolute atomic E-state index is 0.0714. The Morgan fingerprint density at radius 2 is 2.00 bits per heavy atom. The fourth-order valence-corrected chi connectivity index (χ4v) is 4.23. The second-order valence-corrected chi connectivity index (χ2v) is 7.96. The van der Waals surface area contributed by atoms with E-state index in [9.17, 15) is 19.2 Å². The molecule has 3 atom stereocenters. The average molecular weight is 357 g/mol. The highest BCUT2D eigenvalue weighted by Crippen LogP contribution is 2.47. The second-order valence-electron chi connectivity index (χ2n) is 6.46. The first kappa shape index (κ1) is 18.6. The van der Waals surface area contributed by atoms with Gasteiger partial charge in [-0.3, -0.25) is 14.9 Å². The maximum Gasteiger partial charge on any atom is 0.330 e. The van der Waals surface area contributed by atoms with E-state index in [4.69, 9.17) is 4.74 Å². The van der Waals surface area contributed by atoms with Gasteiger partial charge < -0.3 is 15.0 Å². The third-order valence-corrected chi connectivity index (χ3v) is 5.54. The average Bonchev–Trinajstić information content (AvgIpc) is 2.95.